The van der Waals surface area contributed by atoms with E-state index in [0.29, 0.717) is 92.4 Å². The Hall–Kier alpha value is -8.94. The molecule has 1 aliphatic carbocycles. The maximum Gasteiger partial charge on any atom is 0.333 e. The quantitative estimate of drug-likeness (QED) is 0.00875. The lowest BCUT2D eigenvalue weighted by atomic mass is 9.86. The lowest BCUT2D eigenvalue weighted by molar-refractivity contribution is -0.156. The Labute approximate surface area is 602 Å². The molecule has 102 heavy (non-hydrogen) atoms. The highest BCUT2D eigenvalue weighted by Crippen LogP contribution is 2.42. The predicted octanol–water partition coefficient (Wildman–Crippen LogP) is 15.7. The average Bonchev–Trinajstić information content (AvgIpc) is 0.774. The number of fused-ring (bicyclic) bond motifs is 8. The van der Waals surface area contributed by atoms with Crippen molar-refractivity contribution < 1.29 is 95.3 Å². The van der Waals surface area contributed by atoms with Gasteiger partial charge in [0.05, 0.1) is 13.2 Å². The van der Waals surface area contributed by atoms with E-state index >= 15 is 0 Å². The lowest BCUT2D eigenvalue weighted by Gasteiger charge is -2.25. The molecular weight excluding hydrogens is 1300 g/mol. The molecule has 0 amide bonds. The van der Waals surface area contributed by atoms with Crippen LogP contribution in [0.2, 0.25) is 0 Å². The maximum atomic E-state index is 14.9. The standard InChI is InChI=1S/C82H108O20/c1-11-17-21-25-29-69(83)57-41-61-49-65-45-59(71(85)31-27-23-19-13-3)47-67(79(65)99-37-39-101-81(91)55(7)8)51-63-43-58(70(84)30-26-22-18-12-2)44-64(78(63)98-36-34-96-76(90)54-74(88)94-16-6)52-68-48-60(72(86)32-28-24-20-14-4)46-66(80(68)100-38-40-102-82(92)56(9)10)50-62(42-57)77(61)97-35-33-95-75(89)53-73(87)93-15-5/h41-48H,7,9,11-40,49-54H2,1-6,8,10H3. The number of ether oxygens (including phenoxy) is 10. The first-order valence-corrected chi connectivity index (χ1v) is 36.7. The number of hydrogen-bond acceptors (Lipinski definition) is 20. The van der Waals surface area contributed by atoms with Crippen LogP contribution in [0.15, 0.2) is 72.8 Å². The largest absolute Gasteiger partial charge is 0.489 e. The van der Waals surface area contributed by atoms with Crippen LogP contribution in [0.25, 0.3) is 0 Å². The molecule has 0 aromatic heterocycles. The van der Waals surface area contributed by atoms with Gasteiger partial charge in [0.1, 0.15) is 88.7 Å². The number of benzene rings is 4. The molecule has 20 nitrogen and oxygen atoms in total. The van der Waals surface area contributed by atoms with Crippen molar-refractivity contribution in [1.29, 1.82) is 0 Å². The van der Waals surface area contributed by atoms with Crippen LogP contribution in [0, 0.1) is 0 Å². The summed E-state index contributed by atoms with van der Waals surface area (Å²) in [6.45, 7) is 20.2. The van der Waals surface area contributed by atoms with E-state index in [0.717, 1.165) is 77.0 Å². The summed E-state index contributed by atoms with van der Waals surface area (Å²) in [4.78, 5) is 137. The minimum Gasteiger partial charge on any atom is -0.489 e. The summed E-state index contributed by atoms with van der Waals surface area (Å²) in [6.07, 6.45) is 12.2. The number of carbonyl (C=O) groups is 10. The zero-order valence-corrected chi connectivity index (χ0v) is 61.7. The van der Waals surface area contributed by atoms with Gasteiger partial charge in [-0.05, 0) is 146 Å². The van der Waals surface area contributed by atoms with Crippen LogP contribution in [-0.2, 0) is 82.9 Å². The molecule has 0 N–H and O–H groups in total. The van der Waals surface area contributed by atoms with E-state index in [9.17, 15) is 47.9 Å². The minimum atomic E-state index is -0.849. The van der Waals surface area contributed by atoms with E-state index in [2.05, 4.69) is 40.9 Å². The van der Waals surface area contributed by atoms with E-state index in [1.54, 1.807) is 62.4 Å². The fraction of sp³-hybridized carbons (Fsp3) is 0.537. The van der Waals surface area contributed by atoms with Crippen LogP contribution >= 0.6 is 0 Å². The Balaban J connectivity index is 2.02. The fourth-order valence-electron chi connectivity index (χ4n) is 11.9. The summed E-state index contributed by atoms with van der Waals surface area (Å²) in [5.41, 5.74) is 5.15. The van der Waals surface area contributed by atoms with Crippen LogP contribution in [-0.4, -0.2) is 125 Å². The normalized spacial score (nSPS) is 11.5. The Bertz CT molecular complexity index is 3210. The summed E-state index contributed by atoms with van der Waals surface area (Å²) in [6, 6.07) is 14.0. The van der Waals surface area contributed by atoms with Gasteiger partial charge in [-0.15, -0.1) is 0 Å². The number of hydrogen-bond donors (Lipinski definition) is 0. The summed E-state index contributed by atoms with van der Waals surface area (Å²) >= 11 is 0. The van der Waals surface area contributed by atoms with Gasteiger partial charge in [0.15, 0.2) is 23.1 Å². The molecule has 4 aromatic rings. The number of rotatable bonds is 48. The second-order valence-electron chi connectivity index (χ2n) is 25.8. The first-order chi connectivity index (χ1) is 49.1. The third-order valence-corrected chi connectivity index (χ3v) is 17.0. The van der Waals surface area contributed by atoms with E-state index in [4.69, 9.17) is 47.4 Å². The zero-order chi connectivity index (χ0) is 74.3. The minimum absolute atomic E-state index is 0.0582. The highest BCUT2D eigenvalue weighted by atomic mass is 16.6. The first kappa shape index (κ1) is 83.7. The van der Waals surface area contributed by atoms with Gasteiger partial charge in [-0.25, -0.2) is 9.59 Å². The van der Waals surface area contributed by atoms with Crippen LogP contribution in [0.5, 0.6) is 23.0 Å². The van der Waals surface area contributed by atoms with Gasteiger partial charge in [-0.3, -0.25) is 38.4 Å². The van der Waals surface area contributed by atoms with Crippen molar-refractivity contribution in [2.24, 2.45) is 0 Å². The Morgan fingerprint density at radius 2 is 0.510 bits per heavy atom. The van der Waals surface area contributed by atoms with E-state index in [-0.39, 0.29) is 175 Å². The molecule has 1 aliphatic rings. The Morgan fingerprint density at radius 1 is 0.294 bits per heavy atom. The molecule has 0 saturated heterocycles. The van der Waals surface area contributed by atoms with Crippen LogP contribution < -0.4 is 18.9 Å². The molecule has 0 saturated carbocycles. The van der Waals surface area contributed by atoms with Crippen molar-refractivity contribution in [2.75, 3.05) is 66.1 Å². The summed E-state index contributed by atoms with van der Waals surface area (Å²) in [5, 5.41) is 0. The van der Waals surface area contributed by atoms with E-state index in [1.165, 1.54) is 13.8 Å². The first-order valence-electron chi connectivity index (χ1n) is 36.7. The van der Waals surface area contributed by atoms with Crippen LogP contribution in [0.3, 0.4) is 0 Å². The van der Waals surface area contributed by atoms with Crippen molar-refractivity contribution in [2.45, 2.75) is 222 Å². The number of esters is 6. The van der Waals surface area contributed by atoms with Crippen molar-refractivity contribution >= 4 is 58.9 Å². The van der Waals surface area contributed by atoms with Crippen molar-refractivity contribution in [1.82, 2.24) is 0 Å². The van der Waals surface area contributed by atoms with Crippen molar-refractivity contribution in [3.63, 3.8) is 0 Å². The van der Waals surface area contributed by atoms with Crippen molar-refractivity contribution in [3.8, 4) is 23.0 Å². The molecular formula is C82H108O20. The molecule has 0 atom stereocenters. The van der Waals surface area contributed by atoms with Crippen LogP contribution in [0.1, 0.15) is 283 Å². The average molecular weight is 1410 g/mol. The van der Waals surface area contributed by atoms with Crippen molar-refractivity contribution in [3.05, 3.63) is 140 Å². The second-order valence-corrected chi connectivity index (χ2v) is 25.8. The molecule has 8 bridgehead atoms. The summed E-state index contributed by atoms with van der Waals surface area (Å²) < 4.78 is 59.7. The molecule has 4 aromatic carbocycles. The molecule has 0 unspecified atom stereocenters. The van der Waals surface area contributed by atoms with E-state index in [1.807, 2.05) is 0 Å². The molecule has 0 heterocycles. The molecule has 0 aliphatic heterocycles. The fourth-order valence-corrected chi connectivity index (χ4v) is 11.9. The van der Waals surface area contributed by atoms with Gasteiger partial charge in [-0.1, -0.05) is 118 Å². The molecule has 556 valence electrons. The molecule has 20 heteroatoms. The van der Waals surface area contributed by atoms with Crippen LogP contribution in [0.4, 0.5) is 0 Å². The molecule has 0 radical (unpaired) electrons. The lowest BCUT2D eigenvalue weighted by Crippen LogP contribution is -2.18. The Kier molecular flexibility index (Phi) is 37.6. The topological polar surface area (TPSA) is 263 Å². The Morgan fingerprint density at radius 3 is 0.716 bits per heavy atom. The van der Waals surface area contributed by atoms with Gasteiger partial charge in [0, 0.05) is 84.8 Å². The SMILES string of the molecule is C=C(C)C(=O)OCCOc1c2cc(C(=O)CCCCCC)cc1Cc1cc(C(=O)CCCCCC)cc(c1OCCOC(=O)CC(=O)OCC)Cc1cc(C(=O)CCCCCC)cc(c1OCCOC(=O)C(=C)C)Cc1cc(C(=O)CCCCCC)cc(c1OCCOC(=O)CC(=O)OCC)C2. The monoisotopic (exact) mass is 1410 g/mol. The number of Topliss-reactive ketones (excluding diaryl/α,β-unsaturated/α-hetero) is 4. The maximum absolute atomic E-state index is 14.9. The van der Waals surface area contributed by atoms with Gasteiger partial charge >= 0.3 is 35.8 Å². The third-order valence-electron chi connectivity index (χ3n) is 17.0. The third kappa shape index (κ3) is 28.5. The van der Waals surface area contributed by atoms with Gasteiger partial charge in [-0.2, -0.15) is 0 Å². The summed E-state index contributed by atoms with van der Waals surface area (Å²) in [7, 11) is 0. The zero-order valence-electron chi connectivity index (χ0n) is 61.7. The number of carbonyl (C=O) groups excluding carboxylic acids is 10. The summed E-state index contributed by atoms with van der Waals surface area (Å²) in [5.74, 6) is -4.18. The second kappa shape index (κ2) is 45.8. The number of ketones is 4. The molecule has 0 spiro atoms. The number of unbranched alkanes of at least 4 members (excludes halogenated alkanes) is 12. The van der Waals surface area contributed by atoms with E-state index < -0.39 is 48.7 Å². The van der Waals surface area contributed by atoms with Gasteiger partial charge in [0.2, 0.25) is 0 Å². The highest BCUT2D eigenvalue weighted by molar-refractivity contribution is 5.99. The molecule has 5 rings (SSSR count). The molecule has 0 fully saturated rings. The highest BCUT2D eigenvalue weighted by Gasteiger charge is 2.29. The van der Waals surface area contributed by atoms with Gasteiger partial charge in [0.25, 0.3) is 0 Å². The predicted molar refractivity (Wildman–Crippen MR) is 387 cm³/mol. The smallest absolute Gasteiger partial charge is 0.333 e. The van der Waals surface area contributed by atoms with Gasteiger partial charge < -0.3 is 47.4 Å².